The SMILES string of the molecule is CCOC(=O)CC1=C(C(=O)OCC)[C@@H](c2ccc(C)o2)C(C#N)=C(N)O1. The van der Waals surface area contributed by atoms with E-state index in [1.54, 1.807) is 32.9 Å². The molecule has 0 bridgehead atoms. The Labute approximate surface area is 150 Å². The molecule has 0 saturated heterocycles. The number of carbonyl (C=O) groups excluding carboxylic acids is 2. The number of aryl methyl sites for hydroxylation is 1. The fourth-order valence-electron chi connectivity index (χ4n) is 2.62. The van der Waals surface area contributed by atoms with Crippen LogP contribution in [0, 0.1) is 18.3 Å². The molecule has 1 aliphatic rings. The van der Waals surface area contributed by atoms with Gasteiger partial charge in [0.25, 0.3) is 0 Å². The van der Waals surface area contributed by atoms with Crippen LogP contribution >= 0.6 is 0 Å². The van der Waals surface area contributed by atoms with E-state index < -0.39 is 17.9 Å². The first-order valence-corrected chi connectivity index (χ1v) is 8.12. The zero-order chi connectivity index (χ0) is 19.3. The number of esters is 2. The van der Waals surface area contributed by atoms with E-state index >= 15 is 0 Å². The molecule has 138 valence electrons. The summed E-state index contributed by atoms with van der Waals surface area (Å²) >= 11 is 0. The number of nitrogens with zero attached hydrogens (tertiary/aromatic N) is 1. The molecule has 2 heterocycles. The molecule has 0 unspecified atom stereocenters. The Hall–Kier alpha value is -3.21. The molecule has 8 heteroatoms. The minimum atomic E-state index is -0.925. The predicted octanol–water partition coefficient (Wildman–Crippen LogP) is 2.17. The Balaban J connectivity index is 2.59. The van der Waals surface area contributed by atoms with E-state index in [9.17, 15) is 14.9 Å². The van der Waals surface area contributed by atoms with Crippen molar-refractivity contribution in [2.75, 3.05) is 13.2 Å². The van der Waals surface area contributed by atoms with Gasteiger partial charge >= 0.3 is 11.9 Å². The summed E-state index contributed by atoms with van der Waals surface area (Å²) in [4.78, 5) is 24.5. The Bertz CT molecular complexity index is 812. The van der Waals surface area contributed by atoms with Gasteiger partial charge in [0.05, 0.1) is 24.7 Å². The quantitative estimate of drug-likeness (QED) is 0.765. The van der Waals surface area contributed by atoms with Crippen LogP contribution in [0.25, 0.3) is 0 Å². The molecule has 0 aromatic carbocycles. The minimum absolute atomic E-state index is 0.00000283. The monoisotopic (exact) mass is 360 g/mol. The standard InChI is InChI=1S/C18H20N2O6/c1-4-23-14(21)8-13-16(18(22)24-5-2)15(11(9-19)17(20)26-13)12-7-6-10(3)25-12/h6-7,15H,4-5,8,20H2,1-3H3/t15-/m1/s1. The van der Waals surface area contributed by atoms with E-state index in [1.807, 2.05) is 6.07 Å². The van der Waals surface area contributed by atoms with Crippen molar-refractivity contribution in [3.63, 3.8) is 0 Å². The van der Waals surface area contributed by atoms with Crippen molar-refractivity contribution < 1.29 is 28.2 Å². The summed E-state index contributed by atoms with van der Waals surface area (Å²) < 4.78 is 21.0. The van der Waals surface area contributed by atoms with E-state index in [4.69, 9.17) is 24.4 Å². The smallest absolute Gasteiger partial charge is 0.338 e. The molecule has 1 aromatic heterocycles. The predicted molar refractivity (Wildman–Crippen MR) is 89.0 cm³/mol. The second kappa shape index (κ2) is 8.25. The largest absolute Gasteiger partial charge is 0.466 e. The minimum Gasteiger partial charge on any atom is -0.466 e. The maximum Gasteiger partial charge on any atom is 0.338 e. The number of furan rings is 1. The highest BCUT2D eigenvalue weighted by molar-refractivity contribution is 5.93. The average Bonchev–Trinajstić information content (AvgIpc) is 3.00. The first kappa shape index (κ1) is 19.1. The van der Waals surface area contributed by atoms with Crippen molar-refractivity contribution in [2.45, 2.75) is 33.1 Å². The number of ether oxygens (including phenoxy) is 3. The highest BCUT2D eigenvalue weighted by Crippen LogP contribution is 2.41. The summed E-state index contributed by atoms with van der Waals surface area (Å²) in [5.74, 6) is -1.52. The molecule has 2 N–H and O–H groups in total. The maximum absolute atomic E-state index is 12.6. The fourth-order valence-corrected chi connectivity index (χ4v) is 2.62. The second-order valence-corrected chi connectivity index (χ2v) is 5.41. The lowest BCUT2D eigenvalue weighted by Gasteiger charge is -2.26. The molecular weight excluding hydrogens is 340 g/mol. The summed E-state index contributed by atoms with van der Waals surface area (Å²) in [5, 5.41) is 9.51. The molecule has 2 rings (SSSR count). The van der Waals surface area contributed by atoms with Gasteiger partial charge in [0.15, 0.2) is 0 Å². The maximum atomic E-state index is 12.6. The van der Waals surface area contributed by atoms with Gasteiger partial charge in [-0.3, -0.25) is 4.79 Å². The van der Waals surface area contributed by atoms with Crippen LogP contribution in [0.15, 0.2) is 39.3 Å². The van der Waals surface area contributed by atoms with Gasteiger partial charge in [0.1, 0.15) is 35.3 Å². The fraction of sp³-hybridized carbons (Fsp3) is 0.389. The van der Waals surface area contributed by atoms with Crippen molar-refractivity contribution in [1.82, 2.24) is 0 Å². The Morgan fingerprint density at radius 1 is 1.27 bits per heavy atom. The molecule has 0 aliphatic carbocycles. The zero-order valence-corrected chi connectivity index (χ0v) is 14.8. The van der Waals surface area contributed by atoms with Crippen LogP contribution in [0.3, 0.4) is 0 Å². The first-order chi connectivity index (χ1) is 12.4. The van der Waals surface area contributed by atoms with Crippen molar-refractivity contribution >= 4 is 11.9 Å². The van der Waals surface area contributed by atoms with E-state index in [0.29, 0.717) is 11.5 Å². The molecule has 0 spiro atoms. The zero-order valence-electron chi connectivity index (χ0n) is 14.8. The van der Waals surface area contributed by atoms with E-state index in [2.05, 4.69) is 0 Å². The van der Waals surface area contributed by atoms with Crippen LogP contribution in [0.2, 0.25) is 0 Å². The molecule has 0 radical (unpaired) electrons. The van der Waals surface area contributed by atoms with Gasteiger partial charge in [-0.1, -0.05) is 0 Å². The van der Waals surface area contributed by atoms with Crippen molar-refractivity contribution in [3.8, 4) is 6.07 Å². The molecule has 0 saturated carbocycles. The molecule has 1 aromatic rings. The Morgan fingerprint density at radius 2 is 1.96 bits per heavy atom. The highest BCUT2D eigenvalue weighted by Gasteiger charge is 2.40. The van der Waals surface area contributed by atoms with Crippen LogP contribution in [-0.4, -0.2) is 25.2 Å². The van der Waals surface area contributed by atoms with Crippen LogP contribution in [0.1, 0.15) is 37.7 Å². The number of allylic oxidation sites excluding steroid dienone is 1. The van der Waals surface area contributed by atoms with Gasteiger partial charge in [-0.25, -0.2) is 4.79 Å². The lowest BCUT2D eigenvalue weighted by Crippen LogP contribution is -2.27. The summed E-state index contributed by atoms with van der Waals surface area (Å²) in [7, 11) is 0. The summed E-state index contributed by atoms with van der Waals surface area (Å²) in [6, 6.07) is 5.28. The van der Waals surface area contributed by atoms with Crippen molar-refractivity contribution in [3.05, 3.63) is 46.4 Å². The lowest BCUT2D eigenvalue weighted by molar-refractivity contribution is -0.143. The van der Waals surface area contributed by atoms with Crippen LogP contribution in [0.5, 0.6) is 0 Å². The molecule has 8 nitrogen and oxygen atoms in total. The van der Waals surface area contributed by atoms with Gasteiger partial charge in [-0.15, -0.1) is 0 Å². The molecule has 26 heavy (non-hydrogen) atoms. The van der Waals surface area contributed by atoms with Crippen molar-refractivity contribution in [1.29, 1.82) is 5.26 Å². The Morgan fingerprint density at radius 3 is 2.50 bits per heavy atom. The average molecular weight is 360 g/mol. The number of rotatable bonds is 6. The van der Waals surface area contributed by atoms with Crippen LogP contribution in [0.4, 0.5) is 0 Å². The Kier molecular flexibility index (Phi) is 6.07. The topological polar surface area (TPSA) is 125 Å². The van der Waals surface area contributed by atoms with Gasteiger partial charge in [-0.2, -0.15) is 5.26 Å². The molecular formula is C18H20N2O6. The van der Waals surface area contributed by atoms with Gasteiger partial charge in [0, 0.05) is 0 Å². The third kappa shape index (κ3) is 3.88. The summed E-state index contributed by atoms with van der Waals surface area (Å²) in [6.45, 7) is 5.33. The normalized spacial score (nSPS) is 16.8. The number of nitriles is 1. The number of hydrogen-bond acceptors (Lipinski definition) is 8. The first-order valence-electron chi connectivity index (χ1n) is 8.12. The molecule has 0 amide bonds. The molecule has 0 fully saturated rings. The van der Waals surface area contributed by atoms with E-state index in [1.165, 1.54) is 0 Å². The van der Waals surface area contributed by atoms with E-state index in [0.717, 1.165) is 0 Å². The van der Waals surface area contributed by atoms with Gasteiger partial charge in [-0.05, 0) is 32.9 Å². The number of hydrogen-bond donors (Lipinski definition) is 1. The molecule has 1 atom stereocenters. The molecule has 1 aliphatic heterocycles. The summed E-state index contributed by atoms with van der Waals surface area (Å²) in [6.07, 6.45) is -0.322. The third-order valence-corrected chi connectivity index (χ3v) is 3.65. The van der Waals surface area contributed by atoms with Crippen LogP contribution < -0.4 is 5.73 Å². The number of carbonyl (C=O) groups is 2. The van der Waals surface area contributed by atoms with Crippen LogP contribution in [-0.2, 0) is 23.8 Å². The van der Waals surface area contributed by atoms with Gasteiger partial charge in [0.2, 0.25) is 5.88 Å². The van der Waals surface area contributed by atoms with E-state index in [-0.39, 0.29) is 42.4 Å². The van der Waals surface area contributed by atoms with Crippen molar-refractivity contribution in [2.24, 2.45) is 5.73 Å². The third-order valence-electron chi connectivity index (χ3n) is 3.65. The lowest BCUT2D eigenvalue weighted by atomic mass is 9.86. The highest BCUT2D eigenvalue weighted by atomic mass is 16.5. The second-order valence-electron chi connectivity index (χ2n) is 5.41. The van der Waals surface area contributed by atoms with Gasteiger partial charge < -0.3 is 24.4 Å². The number of nitrogens with two attached hydrogens (primary N) is 1. The summed E-state index contributed by atoms with van der Waals surface area (Å²) in [5.41, 5.74) is 5.86.